The Kier molecular flexibility index (Phi) is 5.84. The molecule has 0 saturated heterocycles. The zero-order valence-electron chi connectivity index (χ0n) is 13.9. The van der Waals surface area contributed by atoms with Crippen molar-refractivity contribution < 1.29 is 14.7 Å². The van der Waals surface area contributed by atoms with Gasteiger partial charge in [0.25, 0.3) is 11.5 Å². The number of carboxylic acid groups (broad SMARTS) is 1. The van der Waals surface area contributed by atoms with Gasteiger partial charge in [-0.05, 0) is 19.8 Å². The van der Waals surface area contributed by atoms with Gasteiger partial charge in [0.1, 0.15) is 17.4 Å². The number of allylic oxidation sites excluding steroid dienone is 1. The van der Waals surface area contributed by atoms with Crippen LogP contribution in [0.1, 0.15) is 55.5 Å². The van der Waals surface area contributed by atoms with Gasteiger partial charge in [-0.2, -0.15) is 0 Å². The van der Waals surface area contributed by atoms with Crippen molar-refractivity contribution in [3.8, 4) is 0 Å². The van der Waals surface area contributed by atoms with Crippen LogP contribution in [0.3, 0.4) is 0 Å². The molecule has 1 aromatic rings. The lowest BCUT2D eigenvalue weighted by Crippen LogP contribution is -2.43. The summed E-state index contributed by atoms with van der Waals surface area (Å²) in [5.74, 6) is -1.43. The summed E-state index contributed by atoms with van der Waals surface area (Å²) in [7, 11) is 0. The van der Waals surface area contributed by atoms with Crippen molar-refractivity contribution in [1.29, 1.82) is 0 Å². The van der Waals surface area contributed by atoms with Crippen LogP contribution < -0.4 is 10.9 Å². The number of aromatic amines is 1. The van der Waals surface area contributed by atoms with E-state index < -0.39 is 23.5 Å². The van der Waals surface area contributed by atoms with Crippen LogP contribution in [0.2, 0.25) is 0 Å². The van der Waals surface area contributed by atoms with Crippen LogP contribution in [0.15, 0.2) is 17.4 Å². The minimum atomic E-state index is -1.16. The van der Waals surface area contributed by atoms with Gasteiger partial charge in [0.05, 0.1) is 5.69 Å². The Morgan fingerprint density at radius 3 is 2.48 bits per heavy atom. The quantitative estimate of drug-likeness (QED) is 0.688. The summed E-state index contributed by atoms with van der Waals surface area (Å²) in [5.41, 5.74) is -0.841. The van der Waals surface area contributed by atoms with Crippen LogP contribution in [0, 0.1) is 6.92 Å². The van der Waals surface area contributed by atoms with Gasteiger partial charge in [-0.25, -0.2) is 9.78 Å². The van der Waals surface area contributed by atoms with Crippen LogP contribution in [0.5, 0.6) is 0 Å². The molecule has 1 atom stereocenters. The van der Waals surface area contributed by atoms with Crippen molar-refractivity contribution >= 4 is 11.9 Å². The van der Waals surface area contributed by atoms with Crippen molar-refractivity contribution in [2.75, 3.05) is 0 Å². The van der Waals surface area contributed by atoms with Gasteiger partial charge in [-0.15, -0.1) is 6.58 Å². The standard InChI is InChI=1S/C16H23N3O4/c1-6-7-8-10(14(22)23)18-12(20)11-9(2)17-15(16(3,4)5)19-13(11)21/h6,10H,1,7-8H2,2-5H3,(H,18,20)(H,22,23)(H,17,19,21). The molecule has 23 heavy (non-hydrogen) atoms. The molecule has 3 N–H and O–H groups in total. The number of H-pyrrole nitrogens is 1. The van der Waals surface area contributed by atoms with E-state index in [1.165, 1.54) is 0 Å². The molecule has 0 spiro atoms. The molecule has 0 aliphatic heterocycles. The van der Waals surface area contributed by atoms with Crippen molar-refractivity contribution in [3.05, 3.63) is 40.1 Å². The molecule has 0 bridgehead atoms. The molecule has 1 unspecified atom stereocenters. The normalized spacial score (nSPS) is 12.5. The van der Waals surface area contributed by atoms with Crippen molar-refractivity contribution in [1.82, 2.24) is 15.3 Å². The van der Waals surface area contributed by atoms with Gasteiger partial charge >= 0.3 is 5.97 Å². The number of aliphatic carboxylic acids is 1. The van der Waals surface area contributed by atoms with E-state index in [1.807, 2.05) is 20.8 Å². The smallest absolute Gasteiger partial charge is 0.326 e. The maximum Gasteiger partial charge on any atom is 0.326 e. The number of nitrogens with one attached hydrogen (secondary N) is 2. The van der Waals surface area contributed by atoms with Gasteiger partial charge in [-0.1, -0.05) is 26.8 Å². The monoisotopic (exact) mass is 321 g/mol. The second kappa shape index (κ2) is 7.21. The molecule has 1 amide bonds. The molecule has 7 heteroatoms. The van der Waals surface area contributed by atoms with Gasteiger partial charge in [0.15, 0.2) is 0 Å². The van der Waals surface area contributed by atoms with Crippen LogP contribution in [0.4, 0.5) is 0 Å². The number of hydrogen-bond acceptors (Lipinski definition) is 4. The number of carbonyl (C=O) groups excluding carboxylic acids is 1. The first kappa shape index (κ1) is 18.6. The Labute approximate surface area is 134 Å². The topological polar surface area (TPSA) is 112 Å². The first-order valence-electron chi connectivity index (χ1n) is 7.34. The van der Waals surface area contributed by atoms with E-state index in [-0.39, 0.29) is 23.1 Å². The molecule has 0 fully saturated rings. The third kappa shape index (κ3) is 4.77. The van der Waals surface area contributed by atoms with E-state index in [9.17, 15) is 14.4 Å². The minimum absolute atomic E-state index is 0.164. The Bertz CT molecular complexity index is 671. The predicted octanol–water partition coefficient (Wildman–Crippen LogP) is 1.53. The van der Waals surface area contributed by atoms with Crippen molar-refractivity contribution in [2.45, 2.75) is 52.0 Å². The Morgan fingerprint density at radius 1 is 1.43 bits per heavy atom. The number of carbonyl (C=O) groups is 2. The lowest BCUT2D eigenvalue weighted by atomic mass is 9.95. The molecule has 1 heterocycles. The molecule has 7 nitrogen and oxygen atoms in total. The summed E-state index contributed by atoms with van der Waals surface area (Å²) < 4.78 is 0. The third-order valence-electron chi connectivity index (χ3n) is 3.30. The fourth-order valence-electron chi connectivity index (χ4n) is 1.98. The van der Waals surface area contributed by atoms with Gasteiger partial charge in [0.2, 0.25) is 0 Å². The van der Waals surface area contributed by atoms with Crippen LogP contribution in [-0.2, 0) is 10.2 Å². The van der Waals surface area contributed by atoms with E-state index in [0.717, 1.165) is 0 Å². The second-order valence-corrected chi connectivity index (χ2v) is 6.36. The summed E-state index contributed by atoms with van der Waals surface area (Å²) in [5, 5.41) is 11.5. The molecule has 0 saturated carbocycles. The lowest BCUT2D eigenvalue weighted by Gasteiger charge is -2.19. The number of aryl methyl sites for hydroxylation is 1. The maximum atomic E-state index is 12.3. The van der Waals surface area contributed by atoms with E-state index in [4.69, 9.17) is 5.11 Å². The highest BCUT2D eigenvalue weighted by molar-refractivity contribution is 5.97. The fraction of sp³-hybridized carbons (Fsp3) is 0.500. The average molecular weight is 321 g/mol. The zero-order chi connectivity index (χ0) is 17.8. The van der Waals surface area contributed by atoms with Crippen LogP contribution in [-0.4, -0.2) is 33.0 Å². The number of nitrogens with zero attached hydrogens (tertiary/aromatic N) is 1. The van der Waals surface area contributed by atoms with Crippen molar-refractivity contribution in [2.24, 2.45) is 0 Å². The highest BCUT2D eigenvalue weighted by atomic mass is 16.4. The van der Waals surface area contributed by atoms with Gasteiger partial charge in [-0.3, -0.25) is 9.59 Å². The number of amides is 1. The maximum absolute atomic E-state index is 12.3. The zero-order valence-corrected chi connectivity index (χ0v) is 13.9. The van der Waals surface area contributed by atoms with E-state index >= 15 is 0 Å². The summed E-state index contributed by atoms with van der Waals surface area (Å²) in [6, 6.07) is -1.08. The summed E-state index contributed by atoms with van der Waals surface area (Å²) in [4.78, 5) is 42.5. The van der Waals surface area contributed by atoms with Crippen LogP contribution >= 0.6 is 0 Å². The second-order valence-electron chi connectivity index (χ2n) is 6.36. The number of hydrogen-bond donors (Lipinski definition) is 3. The highest BCUT2D eigenvalue weighted by Crippen LogP contribution is 2.17. The molecular weight excluding hydrogens is 298 g/mol. The molecule has 0 radical (unpaired) electrons. The first-order chi connectivity index (χ1) is 10.6. The summed E-state index contributed by atoms with van der Waals surface area (Å²) >= 11 is 0. The highest BCUT2D eigenvalue weighted by Gasteiger charge is 2.25. The van der Waals surface area contributed by atoms with E-state index in [1.54, 1.807) is 13.0 Å². The molecule has 1 rings (SSSR count). The SMILES string of the molecule is C=CCCC(NC(=O)c1c(C)nc(C(C)(C)C)[nH]c1=O)C(=O)O. The first-order valence-corrected chi connectivity index (χ1v) is 7.34. The average Bonchev–Trinajstić information content (AvgIpc) is 2.41. The molecule has 0 aliphatic carbocycles. The Balaban J connectivity index is 3.11. The molecule has 1 aromatic heterocycles. The van der Waals surface area contributed by atoms with Crippen molar-refractivity contribution in [3.63, 3.8) is 0 Å². The van der Waals surface area contributed by atoms with Crippen LogP contribution in [0.25, 0.3) is 0 Å². The predicted molar refractivity (Wildman–Crippen MR) is 86.6 cm³/mol. The molecule has 0 aromatic carbocycles. The summed E-state index contributed by atoms with van der Waals surface area (Å²) in [6.45, 7) is 10.7. The lowest BCUT2D eigenvalue weighted by molar-refractivity contribution is -0.139. The minimum Gasteiger partial charge on any atom is -0.480 e. The van der Waals surface area contributed by atoms with Gasteiger partial charge < -0.3 is 15.4 Å². The fourth-order valence-corrected chi connectivity index (χ4v) is 1.98. The Morgan fingerprint density at radius 2 is 2.04 bits per heavy atom. The van der Waals surface area contributed by atoms with Gasteiger partial charge in [0, 0.05) is 5.41 Å². The largest absolute Gasteiger partial charge is 0.480 e. The Hall–Kier alpha value is -2.44. The molecule has 0 aliphatic rings. The van der Waals surface area contributed by atoms with E-state index in [2.05, 4.69) is 21.9 Å². The molecular formula is C16H23N3O4. The van der Waals surface area contributed by atoms with E-state index in [0.29, 0.717) is 12.2 Å². The number of aromatic nitrogens is 2. The number of carboxylic acids is 1. The molecule has 126 valence electrons. The third-order valence-corrected chi connectivity index (χ3v) is 3.30. The summed E-state index contributed by atoms with van der Waals surface area (Å²) in [6.07, 6.45) is 2.21. The number of rotatable bonds is 6.